The highest BCUT2D eigenvalue weighted by Crippen LogP contribution is 2.22. The van der Waals surface area contributed by atoms with Gasteiger partial charge in [-0.1, -0.05) is 6.92 Å². The summed E-state index contributed by atoms with van der Waals surface area (Å²) in [7, 11) is 0. The van der Waals surface area contributed by atoms with Gasteiger partial charge in [-0.05, 0) is 19.3 Å². The van der Waals surface area contributed by atoms with Gasteiger partial charge in [0.1, 0.15) is 30.7 Å². The summed E-state index contributed by atoms with van der Waals surface area (Å²) in [6.07, 6.45) is -3.26. The molecule has 1 fully saturated rings. The minimum Gasteiger partial charge on any atom is -0.394 e. The molecular formula is C13H24O7. The number of rotatable bonds is 8. The van der Waals surface area contributed by atoms with E-state index < -0.39 is 37.3 Å². The minimum atomic E-state index is -1.43. The predicted molar refractivity (Wildman–Crippen MR) is 68.8 cm³/mol. The first kappa shape index (κ1) is 17.5. The zero-order valence-electron chi connectivity index (χ0n) is 11.6. The monoisotopic (exact) mass is 292 g/mol. The van der Waals surface area contributed by atoms with Gasteiger partial charge in [0.15, 0.2) is 6.29 Å². The lowest BCUT2D eigenvalue weighted by atomic mass is 9.99. The van der Waals surface area contributed by atoms with Crippen molar-refractivity contribution in [3.8, 4) is 0 Å². The van der Waals surface area contributed by atoms with E-state index in [4.69, 9.17) is 14.6 Å². The molecule has 0 aromatic heterocycles. The summed E-state index contributed by atoms with van der Waals surface area (Å²) < 4.78 is 10.5. The Morgan fingerprint density at radius 2 is 1.95 bits per heavy atom. The van der Waals surface area contributed by atoms with Crippen molar-refractivity contribution in [1.29, 1.82) is 0 Å². The summed E-state index contributed by atoms with van der Waals surface area (Å²) in [5.74, 6) is -0.00611. The normalized spacial score (nSPS) is 35.8. The fourth-order valence-electron chi connectivity index (χ4n) is 2.12. The smallest absolute Gasteiger partial charge is 0.186 e. The fourth-order valence-corrected chi connectivity index (χ4v) is 2.12. The predicted octanol–water partition coefficient (Wildman–Crippen LogP) is -1.19. The lowest BCUT2D eigenvalue weighted by Gasteiger charge is -2.39. The Bertz CT molecular complexity index is 284. The fraction of sp³-hybridized carbons (Fsp3) is 0.923. The van der Waals surface area contributed by atoms with Gasteiger partial charge in [-0.25, -0.2) is 0 Å². The van der Waals surface area contributed by atoms with Gasteiger partial charge < -0.3 is 34.7 Å². The van der Waals surface area contributed by atoms with E-state index in [-0.39, 0.29) is 12.5 Å². The SMILES string of the molecule is CCC(C=O)CCCOC1OC(CO)C(O)C(O)C1O. The number of carbonyl (C=O) groups excluding carboxylic acids is 1. The molecular weight excluding hydrogens is 268 g/mol. The molecule has 20 heavy (non-hydrogen) atoms. The van der Waals surface area contributed by atoms with E-state index in [9.17, 15) is 20.1 Å². The van der Waals surface area contributed by atoms with Crippen LogP contribution in [0, 0.1) is 5.92 Å². The van der Waals surface area contributed by atoms with Gasteiger partial charge in [0.2, 0.25) is 0 Å². The molecule has 7 heteroatoms. The molecule has 0 saturated carbocycles. The molecule has 0 aliphatic carbocycles. The van der Waals surface area contributed by atoms with E-state index in [1.165, 1.54) is 0 Å². The molecule has 1 saturated heterocycles. The van der Waals surface area contributed by atoms with Crippen LogP contribution in [-0.2, 0) is 14.3 Å². The quantitative estimate of drug-likeness (QED) is 0.328. The number of ether oxygens (including phenoxy) is 2. The van der Waals surface area contributed by atoms with Gasteiger partial charge in [-0.2, -0.15) is 0 Å². The van der Waals surface area contributed by atoms with E-state index >= 15 is 0 Å². The summed E-state index contributed by atoms with van der Waals surface area (Å²) in [6, 6.07) is 0. The Morgan fingerprint density at radius 1 is 1.25 bits per heavy atom. The standard InChI is InChI=1S/C13H24O7/c1-2-8(6-14)4-3-5-19-13-12(18)11(17)10(16)9(7-15)20-13/h6,8-13,15-18H,2-5,7H2,1H3. The summed E-state index contributed by atoms with van der Waals surface area (Å²) in [6.45, 7) is 1.71. The second-order valence-electron chi connectivity index (χ2n) is 5.01. The Labute approximate surface area is 118 Å². The number of aldehydes is 1. The molecule has 0 aromatic carbocycles. The molecule has 4 N–H and O–H groups in total. The number of aliphatic hydroxyl groups is 4. The van der Waals surface area contributed by atoms with Gasteiger partial charge >= 0.3 is 0 Å². The summed E-state index contributed by atoms with van der Waals surface area (Å²) in [5.41, 5.74) is 0. The number of aliphatic hydroxyl groups excluding tert-OH is 4. The first-order valence-electron chi connectivity index (χ1n) is 6.92. The average Bonchev–Trinajstić information content (AvgIpc) is 2.47. The first-order chi connectivity index (χ1) is 9.54. The van der Waals surface area contributed by atoms with Crippen LogP contribution in [-0.4, -0.2) is 70.6 Å². The molecule has 1 aliphatic heterocycles. The molecule has 118 valence electrons. The molecule has 6 atom stereocenters. The third kappa shape index (κ3) is 4.47. The van der Waals surface area contributed by atoms with Crippen LogP contribution in [0.5, 0.6) is 0 Å². The van der Waals surface area contributed by atoms with Crippen molar-refractivity contribution in [2.24, 2.45) is 5.92 Å². The maximum absolute atomic E-state index is 10.7. The maximum Gasteiger partial charge on any atom is 0.186 e. The van der Waals surface area contributed by atoms with Crippen molar-refractivity contribution in [1.82, 2.24) is 0 Å². The molecule has 6 unspecified atom stereocenters. The molecule has 1 heterocycles. The van der Waals surface area contributed by atoms with Crippen molar-refractivity contribution >= 4 is 6.29 Å². The summed E-state index contributed by atoms with van der Waals surface area (Å²) >= 11 is 0. The van der Waals surface area contributed by atoms with Gasteiger partial charge in [0.25, 0.3) is 0 Å². The lowest BCUT2D eigenvalue weighted by molar-refractivity contribution is -0.301. The average molecular weight is 292 g/mol. The van der Waals surface area contributed by atoms with E-state index in [2.05, 4.69) is 0 Å². The first-order valence-corrected chi connectivity index (χ1v) is 6.92. The molecule has 1 rings (SSSR count). The molecule has 0 radical (unpaired) electrons. The van der Waals surface area contributed by atoms with E-state index in [1.54, 1.807) is 0 Å². The van der Waals surface area contributed by atoms with Gasteiger partial charge in [-0.3, -0.25) is 0 Å². The van der Waals surface area contributed by atoms with Crippen LogP contribution < -0.4 is 0 Å². The van der Waals surface area contributed by atoms with Gasteiger partial charge in [0.05, 0.1) is 6.61 Å². The minimum absolute atomic E-state index is 0.00611. The highest BCUT2D eigenvalue weighted by atomic mass is 16.7. The molecule has 0 aromatic rings. The summed E-state index contributed by atoms with van der Waals surface area (Å²) in [4.78, 5) is 10.7. The van der Waals surface area contributed by atoms with E-state index in [0.29, 0.717) is 12.8 Å². The Kier molecular flexibility index (Phi) is 7.57. The number of hydrogen-bond acceptors (Lipinski definition) is 7. The Morgan fingerprint density at radius 3 is 2.50 bits per heavy atom. The zero-order chi connectivity index (χ0) is 15.1. The molecule has 0 bridgehead atoms. The van der Waals surface area contributed by atoms with E-state index in [0.717, 1.165) is 12.7 Å². The molecule has 0 spiro atoms. The summed E-state index contributed by atoms with van der Waals surface area (Å²) in [5, 5.41) is 37.9. The highest BCUT2D eigenvalue weighted by Gasteiger charge is 2.43. The second-order valence-corrected chi connectivity index (χ2v) is 5.01. The van der Waals surface area contributed by atoms with Crippen LogP contribution in [0.4, 0.5) is 0 Å². The molecule has 1 aliphatic rings. The van der Waals surface area contributed by atoms with Gasteiger partial charge in [-0.15, -0.1) is 0 Å². The van der Waals surface area contributed by atoms with Crippen molar-refractivity contribution < 1.29 is 34.7 Å². The maximum atomic E-state index is 10.7. The van der Waals surface area contributed by atoms with Crippen molar-refractivity contribution in [2.75, 3.05) is 13.2 Å². The van der Waals surface area contributed by atoms with Crippen molar-refractivity contribution in [3.63, 3.8) is 0 Å². The van der Waals surface area contributed by atoms with Crippen molar-refractivity contribution in [3.05, 3.63) is 0 Å². The topological polar surface area (TPSA) is 116 Å². The molecule has 7 nitrogen and oxygen atoms in total. The third-order valence-corrected chi connectivity index (χ3v) is 3.57. The van der Waals surface area contributed by atoms with Crippen molar-refractivity contribution in [2.45, 2.75) is 56.9 Å². The van der Waals surface area contributed by atoms with Crippen LogP contribution in [0.25, 0.3) is 0 Å². The lowest BCUT2D eigenvalue weighted by Crippen LogP contribution is -2.59. The molecule has 0 amide bonds. The van der Waals surface area contributed by atoms with Crippen LogP contribution in [0.15, 0.2) is 0 Å². The Balaban J connectivity index is 2.37. The van der Waals surface area contributed by atoms with Crippen LogP contribution in [0.1, 0.15) is 26.2 Å². The van der Waals surface area contributed by atoms with Crippen LogP contribution in [0.3, 0.4) is 0 Å². The van der Waals surface area contributed by atoms with Gasteiger partial charge in [0, 0.05) is 12.5 Å². The Hall–Kier alpha value is -0.570. The highest BCUT2D eigenvalue weighted by molar-refractivity contribution is 5.53. The van der Waals surface area contributed by atoms with E-state index in [1.807, 2.05) is 6.92 Å². The van der Waals surface area contributed by atoms with Crippen LogP contribution >= 0.6 is 0 Å². The zero-order valence-corrected chi connectivity index (χ0v) is 11.6. The van der Waals surface area contributed by atoms with Crippen LogP contribution in [0.2, 0.25) is 0 Å². The second kappa shape index (κ2) is 8.66. The number of carbonyl (C=O) groups is 1. The number of hydrogen-bond donors (Lipinski definition) is 4. The third-order valence-electron chi connectivity index (χ3n) is 3.57. The largest absolute Gasteiger partial charge is 0.394 e.